The van der Waals surface area contributed by atoms with Gasteiger partial charge in [-0.2, -0.15) is 0 Å². The zero-order valence-electron chi connectivity index (χ0n) is 15.5. The molecule has 0 fully saturated rings. The number of benzene rings is 1. The van der Waals surface area contributed by atoms with E-state index in [1.807, 2.05) is 32.0 Å². The van der Waals surface area contributed by atoms with Crippen LogP contribution in [0.5, 0.6) is 0 Å². The third kappa shape index (κ3) is 4.14. The summed E-state index contributed by atoms with van der Waals surface area (Å²) in [5, 5.41) is 7.74. The summed E-state index contributed by atoms with van der Waals surface area (Å²) in [6, 6.07) is 8.25. The summed E-state index contributed by atoms with van der Waals surface area (Å²) >= 11 is 1.79. The lowest BCUT2D eigenvalue weighted by Gasteiger charge is -2.32. The van der Waals surface area contributed by atoms with Crippen molar-refractivity contribution < 1.29 is 9.59 Å². The molecule has 0 unspecified atom stereocenters. The van der Waals surface area contributed by atoms with Crippen LogP contribution in [-0.2, 0) is 16.0 Å². The number of amides is 2. The molecule has 0 radical (unpaired) electrons. The Labute approximate surface area is 158 Å². The maximum Gasteiger partial charge on any atom is 0.243 e. The molecule has 0 saturated heterocycles. The topological polar surface area (TPSA) is 61.4 Å². The molecule has 0 aliphatic carbocycles. The van der Waals surface area contributed by atoms with E-state index in [4.69, 9.17) is 0 Å². The molecule has 1 aromatic carbocycles. The van der Waals surface area contributed by atoms with Crippen molar-refractivity contribution in [1.29, 1.82) is 0 Å². The van der Waals surface area contributed by atoms with Crippen molar-refractivity contribution in [3.63, 3.8) is 0 Å². The zero-order valence-corrected chi connectivity index (χ0v) is 16.3. The van der Waals surface area contributed by atoms with Crippen molar-refractivity contribution in [2.45, 2.75) is 33.2 Å². The van der Waals surface area contributed by atoms with Crippen LogP contribution in [0.3, 0.4) is 0 Å². The molecule has 0 bridgehead atoms. The largest absolute Gasteiger partial charge is 0.346 e. The molecule has 138 valence electrons. The van der Waals surface area contributed by atoms with Gasteiger partial charge in [0.15, 0.2) is 0 Å². The molecule has 26 heavy (non-hydrogen) atoms. The Bertz CT molecular complexity index is 795. The number of thiophene rings is 1. The molecular weight excluding hydrogens is 346 g/mol. The second-order valence-electron chi connectivity index (χ2n) is 6.79. The normalized spacial score (nSPS) is 16.8. The zero-order chi connectivity index (χ0) is 18.7. The van der Waals surface area contributed by atoms with Gasteiger partial charge in [-0.15, -0.1) is 11.3 Å². The number of para-hydroxylation sites is 1. The Hall–Kier alpha value is -2.18. The van der Waals surface area contributed by atoms with Crippen LogP contribution in [0.2, 0.25) is 0 Å². The van der Waals surface area contributed by atoms with Gasteiger partial charge in [-0.1, -0.05) is 18.2 Å². The minimum atomic E-state index is -0.206. The summed E-state index contributed by atoms with van der Waals surface area (Å²) in [5.74, 6) is -0.324. The Morgan fingerprint density at radius 3 is 2.65 bits per heavy atom. The molecule has 2 N–H and O–H groups in total. The number of aryl methyl sites for hydroxylation is 2. The summed E-state index contributed by atoms with van der Waals surface area (Å²) in [4.78, 5) is 28.0. The van der Waals surface area contributed by atoms with Crippen molar-refractivity contribution >= 4 is 28.8 Å². The van der Waals surface area contributed by atoms with Crippen molar-refractivity contribution in [3.05, 3.63) is 51.2 Å². The highest BCUT2D eigenvalue weighted by Crippen LogP contribution is 2.32. The quantitative estimate of drug-likeness (QED) is 0.849. The molecule has 1 aliphatic heterocycles. The smallest absolute Gasteiger partial charge is 0.243 e. The molecule has 3 rings (SSSR count). The predicted molar refractivity (Wildman–Crippen MR) is 106 cm³/mol. The summed E-state index contributed by atoms with van der Waals surface area (Å²) < 4.78 is 0. The Morgan fingerprint density at radius 2 is 1.92 bits per heavy atom. The van der Waals surface area contributed by atoms with E-state index in [0.29, 0.717) is 6.54 Å². The lowest BCUT2D eigenvalue weighted by molar-refractivity contribution is -0.125. The molecule has 0 saturated carbocycles. The monoisotopic (exact) mass is 371 g/mol. The fraction of sp³-hybridized carbons (Fsp3) is 0.400. The van der Waals surface area contributed by atoms with Gasteiger partial charge in [0.1, 0.15) is 0 Å². The van der Waals surface area contributed by atoms with Gasteiger partial charge in [0, 0.05) is 23.2 Å². The molecule has 1 aliphatic rings. The highest BCUT2D eigenvalue weighted by molar-refractivity contribution is 7.10. The summed E-state index contributed by atoms with van der Waals surface area (Å²) in [6.45, 7) is 7.21. The minimum Gasteiger partial charge on any atom is -0.346 e. The van der Waals surface area contributed by atoms with Gasteiger partial charge in [0.25, 0.3) is 0 Å². The minimum absolute atomic E-state index is 0.0153. The van der Waals surface area contributed by atoms with E-state index in [-0.39, 0.29) is 24.4 Å². The van der Waals surface area contributed by atoms with Crippen LogP contribution >= 0.6 is 11.3 Å². The van der Waals surface area contributed by atoms with Crippen LogP contribution in [0.15, 0.2) is 29.6 Å². The summed E-state index contributed by atoms with van der Waals surface area (Å²) in [6.07, 6.45) is 0.984. The first-order valence-corrected chi connectivity index (χ1v) is 9.76. The van der Waals surface area contributed by atoms with E-state index in [1.54, 1.807) is 11.3 Å². The number of rotatable bonds is 5. The number of carbonyl (C=O) groups excluding carboxylic acids is 2. The van der Waals surface area contributed by atoms with Crippen LogP contribution in [-0.4, -0.2) is 36.3 Å². The molecule has 0 spiro atoms. The fourth-order valence-corrected chi connectivity index (χ4v) is 4.35. The Morgan fingerprint density at radius 1 is 1.19 bits per heavy atom. The van der Waals surface area contributed by atoms with Crippen molar-refractivity contribution in [1.82, 2.24) is 10.2 Å². The average molecular weight is 372 g/mol. The Kier molecular flexibility index (Phi) is 5.74. The molecule has 1 atom stereocenters. The third-order valence-electron chi connectivity index (χ3n) is 4.94. The van der Waals surface area contributed by atoms with Crippen LogP contribution in [0.4, 0.5) is 5.69 Å². The van der Waals surface area contributed by atoms with E-state index < -0.39 is 0 Å². The number of anilines is 1. The number of hydrogen-bond acceptors (Lipinski definition) is 4. The SMILES string of the molecule is Cc1cccc(C)c1NC(=O)CNC(=O)CN1CCc2sccc2[C@H]1C. The van der Waals surface area contributed by atoms with Gasteiger partial charge >= 0.3 is 0 Å². The van der Waals surface area contributed by atoms with Gasteiger partial charge in [0.05, 0.1) is 13.1 Å². The van der Waals surface area contributed by atoms with E-state index in [2.05, 4.69) is 33.9 Å². The number of hydrogen-bond donors (Lipinski definition) is 2. The standard InChI is InChI=1S/C20H25N3O2S/c1-13-5-4-6-14(2)20(13)22-18(24)11-21-19(25)12-23-9-7-17-16(15(23)3)8-10-26-17/h4-6,8,10,15H,7,9,11-12H2,1-3H3,(H,21,25)(H,22,24)/t15-/m1/s1. The van der Waals surface area contributed by atoms with Crippen molar-refractivity contribution in [2.75, 3.05) is 25.0 Å². The van der Waals surface area contributed by atoms with Gasteiger partial charge in [-0.3, -0.25) is 14.5 Å². The lowest BCUT2D eigenvalue weighted by atomic mass is 10.0. The van der Waals surface area contributed by atoms with Crippen molar-refractivity contribution in [2.24, 2.45) is 0 Å². The average Bonchev–Trinajstić information content (AvgIpc) is 3.08. The molecular formula is C20H25N3O2S. The number of nitrogens with zero attached hydrogens (tertiary/aromatic N) is 1. The first kappa shape index (κ1) is 18.6. The van der Waals surface area contributed by atoms with E-state index in [0.717, 1.165) is 29.8 Å². The predicted octanol–water partition coefficient (Wildman–Crippen LogP) is 3.04. The molecule has 2 aromatic rings. The van der Waals surface area contributed by atoms with E-state index in [1.165, 1.54) is 10.4 Å². The van der Waals surface area contributed by atoms with Gasteiger partial charge in [-0.25, -0.2) is 0 Å². The highest BCUT2D eigenvalue weighted by Gasteiger charge is 2.26. The molecule has 5 nitrogen and oxygen atoms in total. The molecule has 2 heterocycles. The second-order valence-corrected chi connectivity index (χ2v) is 7.79. The number of carbonyl (C=O) groups is 2. The third-order valence-corrected chi connectivity index (χ3v) is 5.94. The summed E-state index contributed by atoms with van der Waals surface area (Å²) in [5.41, 5.74) is 4.17. The van der Waals surface area contributed by atoms with Gasteiger partial charge in [-0.05, 0) is 55.3 Å². The van der Waals surface area contributed by atoms with Gasteiger partial charge in [0.2, 0.25) is 11.8 Å². The first-order chi connectivity index (χ1) is 12.5. The highest BCUT2D eigenvalue weighted by atomic mass is 32.1. The molecule has 1 aromatic heterocycles. The maximum atomic E-state index is 12.3. The Balaban J connectivity index is 1.49. The summed E-state index contributed by atoms with van der Waals surface area (Å²) in [7, 11) is 0. The van der Waals surface area contributed by atoms with Crippen LogP contribution in [0.25, 0.3) is 0 Å². The van der Waals surface area contributed by atoms with Crippen LogP contribution in [0.1, 0.15) is 34.5 Å². The molecule has 2 amide bonds. The lowest BCUT2D eigenvalue weighted by Crippen LogP contribution is -2.43. The first-order valence-electron chi connectivity index (χ1n) is 8.88. The van der Waals surface area contributed by atoms with Crippen LogP contribution < -0.4 is 10.6 Å². The number of fused-ring (bicyclic) bond motifs is 1. The second kappa shape index (κ2) is 8.01. The van der Waals surface area contributed by atoms with E-state index >= 15 is 0 Å². The van der Waals surface area contributed by atoms with E-state index in [9.17, 15) is 9.59 Å². The number of nitrogens with one attached hydrogen (secondary N) is 2. The fourth-order valence-electron chi connectivity index (χ4n) is 3.39. The molecule has 6 heteroatoms. The maximum absolute atomic E-state index is 12.3. The van der Waals surface area contributed by atoms with Gasteiger partial charge < -0.3 is 10.6 Å². The van der Waals surface area contributed by atoms with Crippen molar-refractivity contribution in [3.8, 4) is 0 Å². The van der Waals surface area contributed by atoms with Crippen LogP contribution in [0, 0.1) is 13.8 Å².